The Hall–Kier alpha value is -3.15. The minimum Gasteiger partial charge on any atom is -0.361 e. The van der Waals surface area contributed by atoms with Crippen LogP contribution in [-0.4, -0.2) is 45.8 Å². The second-order valence-electron chi connectivity index (χ2n) is 7.21. The van der Waals surface area contributed by atoms with Crippen LogP contribution in [0, 0.1) is 0 Å². The van der Waals surface area contributed by atoms with Gasteiger partial charge in [-0.3, -0.25) is 14.6 Å². The first-order valence-corrected chi connectivity index (χ1v) is 9.77. The third kappa shape index (κ3) is 3.91. The monoisotopic (exact) mass is 376 g/mol. The highest BCUT2D eigenvalue weighted by atomic mass is 16.2. The van der Waals surface area contributed by atoms with Crippen LogP contribution in [0.15, 0.2) is 55.0 Å². The zero-order valence-electron chi connectivity index (χ0n) is 15.7. The smallest absolute Gasteiger partial charge is 0.252 e. The van der Waals surface area contributed by atoms with Crippen LogP contribution in [-0.2, 0) is 11.2 Å². The number of para-hydroxylation sites is 1. The van der Waals surface area contributed by atoms with Crippen LogP contribution >= 0.6 is 0 Å². The molecule has 1 aromatic carbocycles. The molecule has 1 aliphatic heterocycles. The molecule has 0 spiro atoms. The van der Waals surface area contributed by atoms with Gasteiger partial charge in [-0.2, -0.15) is 0 Å². The standard InChI is InChI=1S/C22H24N4O2/c27-21(16-8-10-23-11-9-16)25-20(22(28)26-12-4-1-5-13-26)14-17-15-24-19-7-3-2-6-18(17)19/h2-3,6-11,15,20,24H,1,4-5,12-14H2,(H,25,27)/t20-/m1/s1. The first-order valence-electron chi connectivity index (χ1n) is 9.77. The number of rotatable bonds is 5. The molecule has 1 atom stereocenters. The summed E-state index contributed by atoms with van der Waals surface area (Å²) in [6.45, 7) is 1.52. The highest BCUT2D eigenvalue weighted by Crippen LogP contribution is 2.20. The zero-order chi connectivity index (χ0) is 19.3. The van der Waals surface area contributed by atoms with E-state index in [0.29, 0.717) is 12.0 Å². The Morgan fingerprint density at radius 1 is 1.07 bits per heavy atom. The Bertz CT molecular complexity index is 961. The lowest BCUT2D eigenvalue weighted by Gasteiger charge is -2.30. The van der Waals surface area contributed by atoms with Crippen molar-refractivity contribution in [1.29, 1.82) is 0 Å². The number of fused-ring (bicyclic) bond motifs is 1. The summed E-state index contributed by atoms with van der Waals surface area (Å²) in [7, 11) is 0. The van der Waals surface area contributed by atoms with Gasteiger partial charge in [-0.1, -0.05) is 18.2 Å². The van der Waals surface area contributed by atoms with Crippen molar-refractivity contribution < 1.29 is 9.59 Å². The van der Waals surface area contributed by atoms with Crippen molar-refractivity contribution >= 4 is 22.7 Å². The van der Waals surface area contributed by atoms with Gasteiger partial charge in [0.25, 0.3) is 5.91 Å². The summed E-state index contributed by atoms with van der Waals surface area (Å²) in [6.07, 6.45) is 8.73. The van der Waals surface area contributed by atoms with E-state index in [0.717, 1.165) is 48.8 Å². The molecule has 1 fully saturated rings. The molecule has 0 unspecified atom stereocenters. The summed E-state index contributed by atoms with van der Waals surface area (Å²) in [4.78, 5) is 35.0. The number of aromatic nitrogens is 2. The number of carbonyl (C=O) groups is 2. The van der Waals surface area contributed by atoms with Crippen LogP contribution in [0.1, 0.15) is 35.2 Å². The predicted molar refractivity (Wildman–Crippen MR) is 108 cm³/mol. The van der Waals surface area contributed by atoms with Crippen LogP contribution in [0.4, 0.5) is 0 Å². The Balaban J connectivity index is 1.58. The predicted octanol–water partition coefficient (Wildman–Crippen LogP) is 2.92. The minimum absolute atomic E-state index is 0.00705. The fourth-order valence-corrected chi connectivity index (χ4v) is 3.80. The molecule has 0 radical (unpaired) electrons. The first kappa shape index (κ1) is 18.2. The van der Waals surface area contributed by atoms with Crippen LogP contribution in [0.25, 0.3) is 10.9 Å². The third-order valence-corrected chi connectivity index (χ3v) is 5.31. The fourth-order valence-electron chi connectivity index (χ4n) is 3.80. The SMILES string of the molecule is O=C(N[C@H](Cc1c[nH]c2ccccc12)C(=O)N1CCCCC1)c1ccncc1. The van der Waals surface area contributed by atoms with Gasteiger partial charge in [-0.25, -0.2) is 0 Å². The number of hydrogen-bond donors (Lipinski definition) is 2. The van der Waals surface area contributed by atoms with Gasteiger partial charge in [0.05, 0.1) is 0 Å². The minimum atomic E-state index is -0.599. The normalized spacial score (nSPS) is 15.4. The molecular formula is C22H24N4O2. The Morgan fingerprint density at radius 2 is 1.82 bits per heavy atom. The number of nitrogens with zero attached hydrogens (tertiary/aromatic N) is 2. The number of amides is 2. The molecule has 1 aliphatic rings. The number of hydrogen-bond acceptors (Lipinski definition) is 3. The van der Waals surface area contributed by atoms with Crippen molar-refractivity contribution in [3.05, 3.63) is 66.1 Å². The maximum atomic E-state index is 13.2. The average Bonchev–Trinajstić information content (AvgIpc) is 3.17. The lowest BCUT2D eigenvalue weighted by Crippen LogP contribution is -2.51. The molecule has 144 valence electrons. The number of likely N-dealkylation sites (tertiary alicyclic amines) is 1. The molecule has 6 heteroatoms. The van der Waals surface area contributed by atoms with Gasteiger partial charge in [0.1, 0.15) is 6.04 Å². The Labute approximate surface area is 164 Å². The molecule has 2 N–H and O–H groups in total. The Kier molecular flexibility index (Phi) is 5.37. The lowest BCUT2D eigenvalue weighted by atomic mass is 10.0. The van der Waals surface area contributed by atoms with Gasteiger partial charge in [0.15, 0.2) is 0 Å². The molecule has 0 bridgehead atoms. The van der Waals surface area contributed by atoms with E-state index in [2.05, 4.69) is 15.3 Å². The molecule has 4 rings (SSSR count). The van der Waals surface area contributed by atoms with Crippen molar-refractivity contribution in [3.63, 3.8) is 0 Å². The molecule has 2 aromatic heterocycles. The van der Waals surface area contributed by atoms with Crippen LogP contribution < -0.4 is 5.32 Å². The van der Waals surface area contributed by atoms with E-state index in [1.807, 2.05) is 35.4 Å². The van der Waals surface area contributed by atoms with Gasteiger partial charge in [-0.15, -0.1) is 0 Å². The number of nitrogens with one attached hydrogen (secondary N) is 2. The summed E-state index contributed by atoms with van der Waals surface area (Å²) in [5, 5.41) is 4.04. The maximum Gasteiger partial charge on any atom is 0.252 e. The highest BCUT2D eigenvalue weighted by Gasteiger charge is 2.28. The number of aromatic amines is 1. The van der Waals surface area contributed by atoms with E-state index >= 15 is 0 Å². The fraction of sp³-hybridized carbons (Fsp3) is 0.318. The molecule has 0 aliphatic carbocycles. The van der Waals surface area contributed by atoms with E-state index in [4.69, 9.17) is 0 Å². The number of benzene rings is 1. The molecule has 3 aromatic rings. The quantitative estimate of drug-likeness (QED) is 0.719. The van der Waals surface area contributed by atoms with E-state index in [9.17, 15) is 9.59 Å². The van der Waals surface area contributed by atoms with Crippen molar-refractivity contribution in [2.75, 3.05) is 13.1 Å². The van der Waals surface area contributed by atoms with E-state index in [-0.39, 0.29) is 11.8 Å². The van der Waals surface area contributed by atoms with Gasteiger partial charge in [0, 0.05) is 54.6 Å². The highest BCUT2D eigenvalue weighted by molar-refractivity contribution is 5.97. The topological polar surface area (TPSA) is 78.1 Å². The second kappa shape index (κ2) is 8.25. The number of carbonyl (C=O) groups excluding carboxylic acids is 2. The molecule has 28 heavy (non-hydrogen) atoms. The molecular weight excluding hydrogens is 352 g/mol. The van der Waals surface area contributed by atoms with Gasteiger partial charge in [-0.05, 0) is 43.0 Å². The molecule has 2 amide bonds. The summed E-state index contributed by atoms with van der Waals surface area (Å²) in [5.41, 5.74) is 2.56. The lowest BCUT2D eigenvalue weighted by molar-refractivity contribution is -0.134. The van der Waals surface area contributed by atoms with Gasteiger partial charge in [0.2, 0.25) is 5.91 Å². The number of pyridine rings is 1. The summed E-state index contributed by atoms with van der Waals surface area (Å²) < 4.78 is 0. The molecule has 1 saturated heterocycles. The van der Waals surface area contributed by atoms with Crippen molar-refractivity contribution in [1.82, 2.24) is 20.2 Å². The van der Waals surface area contributed by atoms with Gasteiger partial charge < -0.3 is 15.2 Å². The average molecular weight is 376 g/mol. The van der Waals surface area contributed by atoms with Gasteiger partial charge >= 0.3 is 0 Å². The van der Waals surface area contributed by atoms with Crippen LogP contribution in [0.3, 0.4) is 0 Å². The van der Waals surface area contributed by atoms with Crippen molar-refractivity contribution in [3.8, 4) is 0 Å². The van der Waals surface area contributed by atoms with Crippen molar-refractivity contribution in [2.45, 2.75) is 31.7 Å². The van der Waals surface area contributed by atoms with Crippen LogP contribution in [0.2, 0.25) is 0 Å². The zero-order valence-corrected chi connectivity index (χ0v) is 15.7. The second-order valence-corrected chi connectivity index (χ2v) is 7.21. The molecule has 3 heterocycles. The maximum absolute atomic E-state index is 13.2. The molecule has 0 saturated carbocycles. The first-order chi connectivity index (χ1) is 13.7. The largest absolute Gasteiger partial charge is 0.361 e. The Morgan fingerprint density at radius 3 is 2.61 bits per heavy atom. The van der Waals surface area contributed by atoms with E-state index < -0.39 is 6.04 Å². The summed E-state index contributed by atoms with van der Waals surface area (Å²) >= 11 is 0. The molecule has 6 nitrogen and oxygen atoms in total. The van der Waals surface area contributed by atoms with Crippen molar-refractivity contribution in [2.24, 2.45) is 0 Å². The third-order valence-electron chi connectivity index (χ3n) is 5.31. The van der Waals surface area contributed by atoms with E-state index in [1.165, 1.54) is 0 Å². The summed E-state index contributed by atoms with van der Waals surface area (Å²) in [5.74, 6) is -0.259. The number of piperidine rings is 1. The number of H-pyrrole nitrogens is 1. The van der Waals surface area contributed by atoms with Crippen LogP contribution in [0.5, 0.6) is 0 Å². The summed E-state index contributed by atoms with van der Waals surface area (Å²) in [6, 6.07) is 10.7. The van der Waals surface area contributed by atoms with E-state index in [1.54, 1.807) is 24.5 Å².